The Morgan fingerprint density at radius 1 is 1.18 bits per heavy atom. The van der Waals surface area contributed by atoms with Crippen molar-refractivity contribution >= 4 is 34.5 Å². The molecule has 5 aromatic heterocycles. The zero-order valence-corrected chi connectivity index (χ0v) is 18.3. The molecule has 0 amide bonds. The number of anilines is 1. The maximum atomic E-state index is 15.7. The summed E-state index contributed by atoms with van der Waals surface area (Å²) in [4.78, 5) is 26.4. The summed E-state index contributed by atoms with van der Waals surface area (Å²) in [6, 6.07) is 3.67. The van der Waals surface area contributed by atoms with Gasteiger partial charge in [-0.25, -0.2) is 14.4 Å². The number of halogens is 1. The van der Waals surface area contributed by atoms with Crippen LogP contribution in [0.2, 0.25) is 0 Å². The van der Waals surface area contributed by atoms with E-state index in [9.17, 15) is 0 Å². The van der Waals surface area contributed by atoms with Gasteiger partial charge >= 0.3 is 0 Å². The van der Waals surface area contributed by atoms with Crippen LogP contribution in [-0.4, -0.2) is 48.9 Å². The van der Waals surface area contributed by atoms with Gasteiger partial charge in [0.1, 0.15) is 16.9 Å². The first kappa shape index (κ1) is 20.4. The molecule has 0 aliphatic rings. The van der Waals surface area contributed by atoms with E-state index in [4.69, 9.17) is 0 Å². The van der Waals surface area contributed by atoms with Crippen LogP contribution in [-0.2, 0) is 0 Å². The van der Waals surface area contributed by atoms with Crippen molar-refractivity contribution in [3.8, 4) is 22.8 Å². The summed E-state index contributed by atoms with van der Waals surface area (Å²) in [5, 5.41) is 7.47. The molecule has 0 saturated heterocycles. The first-order chi connectivity index (χ1) is 16.0. The number of aromatic amines is 2. The molecule has 0 saturated carbocycles. The number of nitrogens with one attached hydrogen (secondary N) is 2. The third-order valence-electron chi connectivity index (χ3n) is 5.44. The molecular formula is C23H20FN9. The molecule has 10 heteroatoms. The molecule has 5 rings (SSSR count). The van der Waals surface area contributed by atoms with Crippen LogP contribution in [0.4, 0.5) is 10.1 Å². The Morgan fingerprint density at radius 2 is 2.03 bits per heavy atom. The number of hydrogen-bond donors (Lipinski definition) is 2. The lowest BCUT2D eigenvalue weighted by Gasteiger charge is -2.15. The number of aliphatic imine (C=N–C) groups is 1. The van der Waals surface area contributed by atoms with Gasteiger partial charge in [0.05, 0.1) is 28.5 Å². The minimum Gasteiger partial charge on any atom is -0.347 e. The molecule has 33 heavy (non-hydrogen) atoms. The van der Waals surface area contributed by atoms with E-state index in [2.05, 4.69) is 46.8 Å². The monoisotopic (exact) mass is 441 g/mol. The van der Waals surface area contributed by atoms with Crippen LogP contribution in [0.3, 0.4) is 0 Å². The molecule has 0 unspecified atom stereocenters. The highest BCUT2D eigenvalue weighted by Crippen LogP contribution is 2.34. The predicted molar refractivity (Wildman–Crippen MR) is 126 cm³/mol. The number of rotatable bonds is 5. The van der Waals surface area contributed by atoms with Gasteiger partial charge in [0.2, 0.25) is 0 Å². The minimum atomic E-state index is -0.492. The summed E-state index contributed by atoms with van der Waals surface area (Å²) in [5.74, 6) is -0.0974. The van der Waals surface area contributed by atoms with Crippen molar-refractivity contribution in [2.45, 2.75) is 13.8 Å². The van der Waals surface area contributed by atoms with Crippen LogP contribution in [0.1, 0.15) is 12.5 Å². The molecule has 0 aliphatic heterocycles. The molecule has 5 heterocycles. The number of fused-ring (bicyclic) bond motifs is 2. The molecule has 5 aromatic rings. The lowest BCUT2D eigenvalue weighted by molar-refractivity contribution is 0.638. The number of hydrogen-bond acceptors (Lipinski definition) is 7. The largest absolute Gasteiger partial charge is 0.347 e. The number of H-pyrrole nitrogens is 2. The van der Waals surface area contributed by atoms with Crippen molar-refractivity contribution in [2.75, 3.05) is 11.9 Å². The molecule has 0 fully saturated rings. The summed E-state index contributed by atoms with van der Waals surface area (Å²) in [7, 11) is 1.89. The lowest BCUT2D eigenvalue weighted by Crippen LogP contribution is -2.09. The average Bonchev–Trinajstić information content (AvgIpc) is 3.44. The zero-order chi connectivity index (χ0) is 23.1. The van der Waals surface area contributed by atoms with Gasteiger partial charge in [0.25, 0.3) is 0 Å². The third-order valence-corrected chi connectivity index (χ3v) is 5.44. The highest BCUT2D eigenvalue weighted by molar-refractivity contribution is 5.96. The normalized spacial score (nSPS) is 11.9. The van der Waals surface area contributed by atoms with Gasteiger partial charge in [-0.1, -0.05) is 0 Å². The molecule has 0 atom stereocenters. The van der Waals surface area contributed by atoms with E-state index < -0.39 is 5.82 Å². The van der Waals surface area contributed by atoms with Gasteiger partial charge < -0.3 is 9.88 Å². The second-order valence-electron chi connectivity index (χ2n) is 7.63. The van der Waals surface area contributed by atoms with Crippen LogP contribution in [0.25, 0.3) is 44.8 Å². The topological polar surface area (TPSA) is 112 Å². The summed E-state index contributed by atoms with van der Waals surface area (Å²) < 4.78 is 15.7. The molecule has 0 aromatic carbocycles. The first-order valence-electron chi connectivity index (χ1n) is 10.1. The number of aryl methyl sites for hydroxylation is 1. The molecule has 0 aliphatic carbocycles. The van der Waals surface area contributed by atoms with Gasteiger partial charge in [-0.15, -0.1) is 0 Å². The zero-order valence-electron chi connectivity index (χ0n) is 18.3. The van der Waals surface area contributed by atoms with Crippen molar-refractivity contribution in [2.24, 2.45) is 4.99 Å². The Balaban J connectivity index is 1.68. The van der Waals surface area contributed by atoms with Crippen LogP contribution in [0.5, 0.6) is 0 Å². The number of aromatic nitrogens is 7. The molecule has 0 radical (unpaired) electrons. The van der Waals surface area contributed by atoms with Gasteiger partial charge in [0, 0.05) is 37.4 Å². The molecule has 2 N–H and O–H groups in total. The Labute approximate surface area is 188 Å². The van der Waals surface area contributed by atoms with Crippen molar-refractivity contribution in [3.05, 3.63) is 60.2 Å². The highest BCUT2D eigenvalue weighted by atomic mass is 19.1. The molecule has 0 spiro atoms. The van der Waals surface area contributed by atoms with Crippen LogP contribution in [0.15, 0.2) is 53.8 Å². The molecule has 0 bridgehead atoms. The van der Waals surface area contributed by atoms with E-state index in [0.29, 0.717) is 39.1 Å². The SMILES string of the molecule is C=N/C(C)=C\N(C)c1ccnc2nc(-c3n[nH]c4cnc(-c5cnccc5C)c(F)c34)[nH]c12. The maximum Gasteiger partial charge on any atom is 0.180 e. The smallest absolute Gasteiger partial charge is 0.180 e. The van der Waals surface area contributed by atoms with Crippen molar-refractivity contribution in [3.63, 3.8) is 0 Å². The predicted octanol–water partition coefficient (Wildman–Crippen LogP) is 4.40. The van der Waals surface area contributed by atoms with E-state index in [1.54, 1.807) is 24.8 Å². The summed E-state index contributed by atoms with van der Waals surface area (Å²) in [6.45, 7) is 7.29. The Kier molecular flexibility index (Phi) is 4.89. The Hall–Kier alpha value is -4.47. The quantitative estimate of drug-likeness (QED) is 0.391. The van der Waals surface area contributed by atoms with Crippen molar-refractivity contribution < 1.29 is 4.39 Å². The van der Waals surface area contributed by atoms with E-state index in [0.717, 1.165) is 16.9 Å². The second kappa shape index (κ2) is 7.90. The van der Waals surface area contributed by atoms with Crippen molar-refractivity contribution in [1.82, 2.24) is 35.1 Å². The molecule has 164 valence electrons. The summed E-state index contributed by atoms with van der Waals surface area (Å²) >= 11 is 0. The van der Waals surface area contributed by atoms with Crippen LogP contribution in [0, 0.1) is 12.7 Å². The Morgan fingerprint density at radius 3 is 2.82 bits per heavy atom. The third kappa shape index (κ3) is 3.41. The van der Waals surface area contributed by atoms with Gasteiger partial charge in [0.15, 0.2) is 17.3 Å². The second-order valence-corrected chi connectivity index (χ2v) is 7.63. The van der Waals surface area contributed by atoms with E-state index in [-0.39, 0.29) is 5.69 Å². The van der Waals surface area contributed by atoms with Gasteiger partial charge in [-0.05, 0) is 38.3 Å². The Bertz CT molecular complexity index is 1550. The van der Waals surface area contributed by atoms with Gasteiger partial charge in [-0.2, -0.15) is 5.10 Å². The van der Waals surface area contributed by atoms with Crippen molar-refractivity contribution in [1.29, 1.82) is 0 Å². The standard InChI is InChI=1S/C23H20FN9/c1-12-5-7-26-9-14(12)19-18(24)17-15(10-28-19)31-32-21(17)23-29-20-16(6-8-27-22(20)30-23)33(4)11-13(2)25-3/h5-11H,3H2,1-2,4H3,(H,31,32)(H,27,29,30)/b13-11-. The van der Waals surface area contributed by atoms with E-state index >= 15 is 4.39 Å². The van der Waals surface area contributed by atoms with E-state index in [1.165, 1.54) is 0 Å². The average molecular weight is 441 g/mol. The molecular weight excluding hydrogens is 421 g/mol. The van der Waals surface area contributed by atoms with Gasteiger partial charge in [-0.3, -0.25) is 20.1 Å². The summed E-state index contributed by atoms with van der Waals surface area (Å²) in [5.41, 5.74) is 5.29. The van der Waals surface area contributed by atoms with E-state index in [1.807, 2.05) is 44.1 Å². The fourth-order valence-corrected chi connectivity index (χ4v) is 3.74. The minimum absolute atomic E-state index is 0.211. The first-order valence-corrected chi connectivity index (χ1v) is 10.1. The van der Waals surface area contributed by atoms with Crippen LogP contribution < -0.4 is 4.90 Å². The highest BCUT2D eigenvalue weighted by Gasteiger charge is 2.22. The number of allylic oxidation sites excluding steroid dienone is 1. The fourth-order valence-electron chi connectivity index (χ4n) is 3.74. The number of pyridine rings is 3. The van der Waals surface area contributed by atoms with Crippen LogP contribution >= 0.6 is 0 Å². The summed E-state index contributed by atoms with van der Waals surface area (Å²) in [6.07, 6.45) is 8.34. The number of imidazole rings is 1. The maximum absolute atomic E-state index is 15.7. The lowest BCUT2D eigenvalue weighted by atomic mass is 10.1. The molecule has 9 nitrogen and oxygen atoms in total. The number of nitrogens with zero attached hydrogens (tertiary/aromatic N) is 7. The fraction of sp³-hybridized carbons (Fsp3) is 0.130.